The van der Waals surface area contributed by atoms with Crippen LogP contribution in [0.1, 0.15) is 5.56 Å². The predicted molar refractivity (Wildman–Crippen MR) is 116 cm³/mol. The minimum Gasteiger partial charge on any atom is -0.326 e. The Morgan fingerprint density at radius 1 is 1.13 bits per heavy atom. The molecule has 3 rings (SSSR count). The van der Waals surface area contributed by atoms with E-state index < -0.39 is 19.7 Å². The molecule has 1 N–H and O–H groups in total. The second-order valence-corrected chi connectivity index (χ2v) is 11.7. The highest BCUT2D eigenvalue weighted by atomic mass is 35.5. The Balaban J connectivity index is 1.93. The Morgan fingerprint density at radius 3 is 2.47 bits per heavy atom. The summed E-state index contributed by atoms with van der Waals surface area (Å²) in [4.78, 5) is 12.4. The molecule has 0 aliphatic carbocycles. The third-order valence-corrected chi connectivity index (χ3v) is 6.75. The van der Waals surface area contributed by atoms with Gasteiger partial charge in [0.15, 0.2) is 9.84 Å². The summed E-state index contributed by atoms with van der Waals surface area (Å²) >= 11 is 6.08. The summed E-state index contributed by atoms with van der Waals surface area (Å²) in [6.07, 6.45) is 3.69. The lowest BCUT2D eigenvalue weighted by atomic mass is 10.1. The zero-order chi connectivity index (χ0) is 22.1. The quantitative estimate of drug-likeness (QED) is 0.567. The molecule has 0 bridgehead atoms. The van der Waals surface area contributed by atoms with Crippen molar-refractivity contribution in [2.24, 2.45) is 0 Å². The second kappa shape index (κ2) is 8.37. The van der Waals surface area contributed by atoms with E-state index in [9.17, 15) is 21.6 Å². The molecule has 1 aromatic heterocycles. The van der Waals surface area contributed by atoms with Crippen molar-refractivity contribution in [1.29, 1.82) is 0 Å². The van der Waals surface area contributed by atoms with E-state index in [1.54, 1.807) is 30.3 Å². The van der Waals surface area contributed by atoms with Crippen LogP contribution in [0.2, 0.25) is 5.02 Å². The van der Waals surface area contributed by atoms with E-state index in [4.69, 9.17) is 11.6 Å². The van der Waals surface area contributed by atoms with Gasteiger partial charge in [0, 0.05) is 34.8 Å². The molecule has 3 aromatic rings. The Kier molecular flexibility index (Phi) is 6.21. The molecule has 0 aliphatic rings. The fraction of sp³-hybridized carbons (Fsp3) is 0.263. The van der Waals surface area contributed by atoms with Gasteiger partial charge in [-0.05, 0) is 23.8 Å². The van der Waals surface area contributed by atoms with Crippen LogP contribution >= 0.6 is 11.6 Å². The van der Waals surface area contributed by atoms with E-state index in [-0.39, 0.29) is 35.2 Å². The molecular weight excluding hydrogens is 450 g/mol. The van der Waals surface area contributed by atoms with E-state index in [1.165, 1.54) is 16.9 Å². The first-order valence-corrected chi connectivity index (χ1v) is 13.2. The number of rotatable bonds is 7. The zero-order valence-corrected chi connectivity index (χ0v) is 18.7. The van der Waals surface area contributed by atoms with Crippen molar-refractivity contribution in [3.05, 3.63) is 53.2 Å². The fourth-order valence-corrected chi connectivity index (χ4v) is 4.53. The summed E-state index contributed by atoms with van der Waals surface area (Å²) in [5.41, 5.74) is 1.25. The van der Waals surface area contributed by atoms with Gasteiger partial charge in [0.05, 0.1) is 29.1 Å². The van der Waals surface area contributed by atoms with E-state index in [0.29, 0.717) is 21.5 Å². The van der Waals surface area contributed by atoms with Gasteiger partial charge in [0.25, 0.3) is 0 Å². The largest absolute Gasteiger partial charge is 0.326 e. The van der Waals surface area contributed by atoms with E-state index in [2.05, 4.69) is 10.4 Å². The van der Waals surface area contributed by atoms with Crippen molar-refractivity contribution >= 4 is 53.8 Å². The van der Waals surface area contributed by atoms with Crippen LogP contribution in [0.4, 0.5) is 5.69 Å². The normalized spacial score (nSPS) is 12.2. The van der Waals surface area contributed by atoms with Crippen molar-refractivity contribution in [1.82, 2.24) is 9.78 Å². The van der Waals surface area contributed by atoms with Crippen LogP contribution in [0.5, 0.6) is 0 Å². The summed E-state index contributed by atoms with van der Waals surface area (Å²) in [6, 6.07) is 9.86. The Bertz CT molecular complexity index is 1330. The highest BCUT2D eigenvalue weighted by Gasteiger charge is 2.18. The first kappa shape index (κ1) is 22.3. The lowest BCUT2D eigenvalue weighted by molar-refractivity contribution is -0.115. The van der Waals surface area contributed by atoms with Crippen molar-refractivity contribution in [3.63, 3.8) is 0 Å². The topological polar surface area (TPSA) is 115 Å². The number of aryl methyl sites for hydroxylation is 1. The second-order valence-electron chi connectivity index (χ2n) is 7.02. The van der Waals surface area contributed by atoms with Crippen LogP contribution in [-0.4, -0.2) is 50.8 Å². The van der Waals surface area contributed by atoms with Crippen LogP contribution in [0, 0.1) is 0 Å². The predicted octanol–water partition coefficient (Wildman–Crippen LogP) is 2.32. The number of hydrogen-bond acceptors (Lipinski definition) is 6. The summed E-state index contributed by atoms with van der Waals surface area (Å²) < 4.78 is 48.8. The maximum atomic E-state index is 12.4. The molecular formula is C19H20ClN3O5S2. The number of sulfone groups is 2. The third kappa shape index (κ3) is 5.59. The average Bonchev–Trinajstić information content (AvgIpc) is 3.02. The minimum absolute atomic E-state index is 0.00125. The van der Waals surface area contributed by atoms with Gasteiger partial charge in [-0.3, -0.25) is 9.48 Å². The lowest BCUT2D eigenvalue weighted by Crippen LogP contribution is -2.15. The molecule has 0 saturated heterocycles. The number of nitrogens with zero attached hydrogens (tertiary/aromatic N) is 2. The molecule has 0 radical (unpaired) electrons. The number of halogens is 1. The van der Waals surface area contributed by atoms with Crippen LogP contribution in [0.3, 0.4) is 0 Å². The number of carbonyl (C=O) groups excluding carboxylic acids is 1. The number of benzene rings is 2. The monoisotopic (exact) mass is 469 g/mol. The number of aromatic nitrogens is 2. The Hall–Kier alpha value is -2.43. The summed E-state index contributed by atoms with van der Waals surface area (Å²) in [5.74, 6) is -0.491. The van der Waals surface area contributed by atoms with Crippen molar-refractivity contribution < 1.29 is 21.6 Å². The lowest BCUT2D eigenvalue weighted by Gasteiger charge is -2.09. The van der Waals surface area contributed by atoms with Gasteiger partial charge in [-0.1, -0.05) is 29.8 Å². The standard InChI is InChI=1S/C19H20ClN3O5S2/c1-29(25,26)8-7-23-12-15-17(22-23)10-14(11-18(15)30(2,27)28)21-19(24)9-13-5-3-4-6-16(13)20/h3-6,10-12H,7-9H2,1-2H3,(H,21,24). The molecule has 0 atom stereocenters. The number of hydrogen-bond donors (Lipinski definition) is 1. The zero-order valence-electron chi connectivity index (χ0n) is 16.3. The number of amides is 1. The highest BCUT2D eigenvalue weighted by molar-refractivity contribution is 7.91. The highest BCUT2D eigenvalue weighted by Crippen LogP contribution is 2.27. The van der Waals surface area contributed by atoms with Gasteiger partial charge in [-0.2, -0.15) is 5.10 Å². The van der Waals surface area contributed by atoms with Crippen LogP contribution in [-0.2, 0) is 37.4 Å². The maximum absolute atomic E-state index is 12.4. The Morgan fingerprint density at radius 2 is 1.83 bits per heavy atom. The molecule has 0 fully saturated rings. The summed E-state index contributed by atoms with van der Waals surface area (Å²) in [5, 5.41) is 7.77. The van der Waals surface area contributed by atoms with E-state index in [0.717, 1.165) is 12.5 Å². The van der Waals surface area contributed by atoms with E-state index in [1.807, 2.05) is 0 Å². The summed E-state index contributed by atoms with van der Waals surface area (Å²) in [6.45, 7) is 0.0882. The van der Waals surface area contributed by atoms with Gasteiger partial charge >= 0.3 is 0 Å². The smallest absolute Gasteiger partial charge is 0.228 e. The number of carbonyl (C=O) groups is 1. The van der Waals surface area contributed by atoms with Gasteiger partial charge in [0.1, 0.15) is 9.84 Å². The molecule has 2 aromatic carbocycles. The van der Waals surface area contributed by atoms with Crippen molar-refractivity contribution in [2.75, 3.05) is 23.6 Å². The molecule has 1 heterocycles. The van der Waals surface area contributed by atoms with Crippen molar-refractivity contribution in [2.45, 2.75) is 17.9 Å². The molecule has 160 valence electrons. The molecule has 0 saturated carbocycles. The van der Waals surface area contributed by atoms with Crippen LogP contribution in [0.25, 0.3) is 10.9 Å². The number of anilines is 1. The number of fused-ring (bicyclic) bond motifs is 1. The maximum Gasteiger partial charge on any atom is 0.228 e. The molecule has 11 heteroatoms. The third-order valence-electron chi connectivity index (χ3n) is 4.32. The first-order valence-electron chi connectivity index (χ1n) is 8.84. The van der Waals surface area contributed by atoms with Gasteiger partial charge in [-0.25, -0.2) is 16.8 Å². The van der Waals surface area contributed by atoms with Gasteiger partial charge < -0.3 is 5.32 Å². The molecule has 0 unspecified atom stereocenters. The van der Waals surface area contributed by atoms with Crippen molar-refractivity contribution in [3.8, 4) is 0 Å². The summed E-state index contributed by atoms with van der Waals surface area (Å²) in [7, 11) is -6.83. The molecule has 8 nitrogen and oxygen atoms in total. The first-order chi connectivity index (χ1) is 13.9. The molecule has 0 aliphatic heterocycles. The molecule has 1 amide bonds. The molecule has 30 heavy (non-hydrogen) atoms. The Labute approximate surface area is 179 Å². The van der Waals surface area contributed by atoms with Gasteiger partial charge in [-0.15, -0.1) is 0 Å². The fourth-order valence-electron chi connectivity index (χ4n) is 2.91. The van der Waals surface area contributed by atoms with Crippen LogP contribution < -0.4 is 5.32 Å². The SMILES string of the molecule is CS(=O)(=O)CCn1cc2c(S(C)(=O)=O)cc(NC(=O)Cc3ccccc3Cl)cc2n1. The van der Waals surface area contributed by atoms with Gasteiger partial charge in [0.2, 0.25) is 5.91 Å². The molecule has 0 spiro atoms. The van der Waals surface area contributed by atoms with E-state index >= 15 is 0 Å². The van der Waals surface area contributed by atoms with Crippen LogP contribution in [0.15, 0.2) is 47.5 Å². The average molecular weight is 470 g/mol. The number of nitrogens with one attached hydrogen (secondary N) is 1. The minimum atomic E-state index is -3.63.